The van der Waals surface area contributed by atoms with Crippen molar-refractivity contribution in [1.82, 2.24) is 4.98 Å². The lowest BCUT2D eigenvalue weighted by atomic mass is 9.99. The standard InChI is InChI=1S/C25H21F3N2O2/c1-14-11-19(16(3)30-18-9-10-21(29-13-18)25(26,27)28)24-20(12-14)22(31)15(2)23(32-24)17-7-5-4-6-8-17/h4-13,16,30H,1-3H3. The van der Waals surface area contributed by atoms with E-state index < -0.39 is 11.9 Å². The molecule has 0 aliphatic rings. The van der Waals surface area contributed by atoms with Gasteiger partial charge in [0.1, 0.15) is 17.0 Å². The molecule has 4 nitrogen and oxygen atoms in total. The molecular weight excluding hydrogens is 417 g/mol. The highest BCUT2D eigenvalue weighted by Crippen LogP contribution is 2.33. The zero-order valence-electron chi connectivity index (χ0n) is 17.7. The summed E-state index contributed by atoms with van der Waals surface area (Å²) in [6.45, 7) is 5.48. The number of anilines is 1. The second kappa shape index (κ2) is 8.15. The van der Waals surface area contributed by atoms with Gasteiger partial charge in [0.25, 0.3) is 0 Å². The Labute approximate surface area is 182 Å². The van der Waals surface area contributed by atoms with Crippen molar-refractivity contribution in [3.63, 3.8) is 0 Å². The van der Waals surface area contributed by atoms with Gasteiger partial charge in [0.05, 0.1) is 23.3 Å². The largest absolute Gasteiger partial charge is 0.455 e. The maximum Gasteiger partial charge on any atom is 0.433 e. The van der Waals surface area contributed by atoms with Crippen LogP contribution in [0.5, 0.6) is 0 Å². The topological polar surface area (TPSA) is 55.1 Å². The minimum atomic E-state index is -4.49. The Morgan fingerprint density at radius 1 is 1.03 bits per heavy atom. The molecule has 4 rings (SSSR count). The van der Waals surface area contributed by atoms with Gasteiger partial charge in [-0.25, -0.2) is 4.98 Å². The van der Waals surface area contributed by atoms with Crippen molar-refractivity contribution in [3.8, 4) is 11.3 Å². The molecule has 0 spiro atoms. The van der Waals surface area contributed by atoms with Crippen LogP contribution >= 0.6 is 0 Å². The molecule has 1 unspecified atom stereocenters. The second-order valence-electron chi connectivity index (χ2n) is 7.78. The zero-order valence-corrected chi connectivity index (χ0v) is 17.7. The van der Waals surface area contributed by atoms with Gasteiger partial charge in [0, 0.05) is 16.7 Å². The van der Waals surface area contributed by atoms with Crippen molar-refractivity contribution >= 4 is 16.7 Å². The van der Waals surface area contributed by atoms with E-state index in [2.05, 4.69) is 10.3 Å². The van der Waals surface area contributed by atoms with E-state index in [0.717, 1.165) is 29.0 Å². The van der Waals surface area contributed by atoms with E-state index in [9.17, 15) is 18.0 Å². The first-order valence-corrected chi connectivity index (χ1v) is 10.1. The molecule has 2 aromatic heterocycles. The number of alkyl halides is 3. The highest BCUT2D eigenvalue weighted by molar-refractivity contribution is 5.84. The summed E-state index contributed by atoms with van der Waals surface area (Å²) in [7, 11) is 0. The van der Waals surface area contributed by atoms with Gasteiger partial charge in [-0.15, -0.1) is 0 Å². The minimum Gasteiger partial charge on any atom is -0.455 e. The lowest BCUT2D eigenvalue weighted by Gasteiger charge is -2.19. The first-order valence-electron chi connectivity index (χ1n) is 10.1. The number of hydrogen-bond acceptors (Lipinski definition) is 4. The van der Waals surface area contributed by atoms with Gasteiger partial charge in [-0.3, -0.25) is 4.79 Å². The molecule has 0 aliphatic heterocycles. The number of aryl methyl sites for hydroxylation is 1. The summed E-state index contributed by atoms with van der Waals surface area (Å²) >= 11 is 0. The van der Waals surface area contributed by atoms with Crippen LogP contribution < -0.4 is 10.7 Å². The molecule has 1 atom stereocenters. The molecule has 2 heterocycles. The summed E-state index contributed by atoms with van der Waals surface area (Å²) < 4.78 is 44.6. The van der Waals surface area contributed by atoms with Gasteiger partial charge in [-0.2, -0.15) is 13.2 Å². The van der Waals surface area contributed by atoms with Crippen molar-refractivity contribution in [1.29, 1.82) is 0 Å². The molecule has 32 heavy (non-hydrogen) atoms. The molecular formula is C25H21F3N2O2. The smallest absolute Gasteiger partial charge is 0.433 e. The van der Waals surface area contributed by atoms with Crippen molar-refractivity contribution in [2.45, 2.75) is 33.0 Å². The second-order valence-corrected chi connectivity index (χ2v) is 7.78. The zero-order chi connectivity index (χ0) is 23.0. The summed E-state index contributed by atoms with van der Waals surface area (Å²) in [5, 5.41) is 3.63. The fourth-order valence-corrected chi connectivity index (χ4v) is 3.73. The number of pyridine rings is 1. The molecule has 4 aromatic rings. The Morgan fingerprint density at radius 2 is 1.75 bits per heavy atom. The Kier molecular flexibility index (Phi) is 5.50. The van der Waals surface area contributed by atoms with Crippen LogP contribution in [0.2, 0.25) is 0 Å². The summed E-state index contributed by atoms with van der Waals surface area (Å²) in [6.07, 6.45) is -3.35. The van der Waals surface area contributed by atoms with Crippen LogP contribution in [-0.4, -0.2) is 4.98 Å². The fraction of sp³-hybridized carbons (Fsp3) is 0.200. The molecule has 0 fully saturated rings. The predicted molar refractivity (Wildman–Crippen MR) is 119 cm³/mol. The molecule has 0 bridgehead atoms. The third-order valence-corrected chi connectivity index (χ3v) is 5.33. The van der Waals surface area contributed by atoms with E-state index in [-0.39, 0.29) is 11.5 Å². The van der Waals surface area contributed by atoms with Crippen molar-refractivity contribution in [2.24, 2.45) is 0 Å². The fourth-order valence-electron chi connectivity index (χ4n) is 3.73. The normalized spacial score (nSPS) is 12.7. The highest BCUT2D eigenvalue weighted by atomic mass is 19.4. The number of hydrogen-bond donors (Lipinski definition) is 1. The average Bonchev–Trinajstić information content (AvgIpc) is 2.76. The summed E-state index contributed by atoms with van der Waals surface area (Å²) in [5.41, 5.74) is 2.74. The van der Waals surface area contributed by atoms with Crippen LogP contribution in [0.1, 0.15) is 35.3 Å². The molecule has 0 amide bonds. The van der Waals surface area contributed by atoms with Crippen molar-refractivity contribution < 1.29 is 17.6 Å². The third kappa shape index (κ3) is 4.10. The van der Waals surface area contributed by atoms with Crippen LogP contribution in [0.3, 0.4) is 0 Å². The lowest BCUT2D eigenvalue weighted by molar-refractivity contribution is -0.141. The van der Waals surface area contributed by atoms with Crippen LogP contribution in [0, 0.1) is 13.8 Å². The summed E-state index contributed by atoms with van der Waals surface area (Å²) in [4.78, 5) is 16.6. The SMILES string of the molecule is Cc1cc(C(C)Nc2ccc(C(F)(F)F)nc2)c2oc(-c3ccccc3)c(C)c(=O)c2c1. The summed E-state index contributed by atoms with van der Waals surface area (Å²) in [6, 6.07) is 15.0. The third-order valence-electron chi connectivity index (χ3n) is 5.33. The number of nitrogens with one attached hydrogen (secondary N) is 1. The molecule has 7 heteroatoms. The highest BCUT2D eigenvalue weighted by Gasteiger charge is 2.32. The first-order chi connectivity index (χ1) is 15.1. The number of halogens is 3. The van der Waals surface area contributed by atoms with Gasteiger partial charge >= 0.3 is 6.18 Å². The molecule has 0 radical (unpaired) electrons. The molecule has 0 saturated carbocycles. The molecule has 0 aliphatic carbocycles. The van der Waals surface area contributed by atoms with Crippen LogP contribution in [-0.2, 0) is 6.18 Å². The van der Waals surface area contributed by atoms with E-state index in [1.54, 1.807) is 13.0 Å². The molecule has 1 N–H and O–H groups in total. The van der Waals surface area contributed by atoms with Crippen LogP contribution in [0.4, 0.5) is 18.9 Å². The maximum absolute atomic E-state index is 13.1. The van der Waals surface area contributed by atoms with Gasteiger partial charge in [0.15, 0.2) is 5.43 Å². The van der Waals surface area contributed by atoms with E-state index in [1.165, 1.54) is 6.07 Å². The van der Waals surface area contributed by atoms with Gasteiger partial charge in [0.2, 0.25) is 0 Å². The summed E-state index contributed by atoms with van der Waals surface area (Å²) in [5.74, 6) is 0.497. The van der Waals surface area contributed by atoms with Gasteiger partial charge in [-0.1, -0.05) is 36.4 Å². The Morgan fingerprint density at radius 3 is 2.38 bits per heavy atom. The number of fused-ring (bicyclic) bond motifs is 1. The maximum atomic E-state index is 13.1. The Bertz CT molecular complexity index is 1330. The number of aromatic nitrogens is 1. The predicted octanol–water partition coefficient (Wildman–Crippen LogP) is 6.66. The number of nitrogens with zero attached hydrogens (tertiary/aromatic N) is 1. The van der Waals surface area contributed by atoms with Crippen LogP contribution in [0.25, 0.3) is 22.3 Å². The Balaban J connectivity index is 1.79. The van der Waals surface area contributed by atoms with E-state index in [1.807, 2.05) is 50.2 Å². The monoisotopic (exact) mass is 438 g/mol. The van der Waals surface area contributed by atoms with Gasteiger partial charge < -0.3 is 9.73 Å². The van der Waals surface area contributed by atoms with E-state index >= 15 is 0 Å². The number of rotatable bonds is 4. The van der Waals surface area contributed by atoms with E-state index in [4.69, 9.17) is 4.42 Å². The molecule has 0 saturated heterocycles. The van der Waals surface area contributed by atoms with E-state index in [0.29, 0.717) is 28.0 Å². The first kappa shape index (κ1) is 21.6. The quantitative estimate of drug-likeness (QED) is 0.387. The van der Waals surface area contributed by atoms with Gasteiger partial charge in [-0.05, 0) is 44.5 Å². The minimum absolute atomic E-state index is 0.113. The number of benzene rings is 2. The lowest BCUT2D eigenvalue weighted by Crippen LogP contribution is -2.13. The van der Waals surface area contributed by atoms with Crippen molar-refractivity contribution in [3.05, 3.63) is 93.4 Å². The van der Waals surface area contributed by atoms with Crippen LogP contribution in [0.15, 0.2) is 70.0 Å². The molecule has 164 valence electrons. The van der Waals surface area contributed by atoms with Crippen molar-refractivity contribution in [2.75, 3.05) is 5.32 Å². The average molecular weight is 438 g/mol. The molecule has 2 aromatic carbocycles. The Hall–Kier alpha value is -3.61.